The average molecular weight is 442 g/mol. The van der Waals surface area contributed by atoms with Crippen LogP contribution in [0.5, 0.6) is 17.2 Å². The fourth-order valence-corrected chi connectivity index (χ4v) is 3.51. The van der Waals surface area contributed by atoms with Gasteiger partial charge in [0.15, 0.2) is 17.3 Å². The summed E-state index contributed by atoms with van der Waals surface area (Å²) in [6, 6.07) is 21.5. The van der Waals surface area contributed by atoms with E-state index in [1.54, 1.807) is 56.7 Å². The molecule has 0 bridgehead atoms. The Kier molecular flexibility index (Phi) is 6.22. The molecular weight excluding hydrogens is 420 g/mol. The van der Waals surface area contributed by atoms with Gasteiger partial charge in [0.05, 0.1) is 25.5 Å². The van der Waals surface area contributed by atoms with Gasteiger partial charge in [-0.2, -0.15) is 0 Å². The summed E-state index contributed by atoms with van der Waals surface area (Å²) < 4.78 is 16.0. The summed E-state index contributed by atoms with van der Waals surface area (Å²) in [7, 11) is 3.11. The topological polar surface area (TPSA) is 77.4 Å². The first-order valence-electron chi connectivity index (χ1n) is 10.2. The van der Waals surface area contributed by atoms with Crippen LogP contribution in [0.1, 0.15) is 18.1 Å². The van der Waals surface area contributed by atoms with Gasteiger partial charge in [-0.15, -0.1) is 0 Å². The molecular formula is C26H22N2O5. The number of ether oxygens (including phenoxy) is 3. The zero-order chi connectivity index (χ0) is 23.4. The summed E-state index contributed by atoms with van der Waals surface area (Å²) in [4.78, 5) is 31.3. The second-order valence-electron chi connectivity index (χ2n) is 7.15. The van der Waals surface area contributed by atoms with Gasteiger partial charge in [-0.1, -0.05) is 36.4 Å². The molecule has 0 N–H and O–H groups in total. The van der Waals surface area contributed by atoms with Crippen LogP contribution in [-0.2, 0) is 9.59 Å². The lowest BCUT2D eigenvalue weighted by Gasteiger charge is -2.19. The molecule has 3 aromatic carbocycles. The maximum atomic E-state index is 13.5. The molecule has 4 rings (SSSR count). The maximum absolute atomic E-state index is 13.5. The minimum Gasteiger partial charge on any atom is -0.493 e. The molecule has 0 unspecified atom stereocenters. The molecule has 1 heterocycles. The Labute approximate surface area is 191 Å². The summed E-state index contributed by atoms with van der Waals surface area (Å²) >= 11 is 0. The van der Waals surface area contributed by atoms with Crippen LogP contribution in [0.4, 0.5) is 5.69 Å². The molecule has 7 heteroatoms. The smallest absolute Gasteiger partial charge is 0.308 e. The first-order chi connectivity index (χ1) is 16.0. The molecule has 0 aliphatic carbocycles. The molecule has 1 aliphatic heterocycles. The molecule has 1 amide bonds. The Bertz CT molecular complexity index is 1260. The summed E-state index contributed by atoms with van der Waals surface area (Å²) in [6.45, 7) is 1.33. The number of hydrogen-bond donors (Lipinski definition) is 0. The number of hydrogen-bond acceptors (Lipinski definition) is 6. The van der Waals surface area contributed by atoms with Gasteiger partial charge in [0, 0.05) is 6.92 Å². The average Bonchev–Trinajstić information content (AvgIpc) is 3.15. The van der Waals surface area contributed by atoms with E-state index in [-0.39, 0.29) is 11.6 Å². The predicted octanol–water partition coefficient (Wildman–Crippen LogP) is 4.46. The summed E-state index contributed by atoms with van der Waals surface area (Å²) in [5.74, 6) is 1.06. The number of carbonyl (C=O) groups is 2. The third-order valence-corrected chi connectivity index (χ3v) is 4.97. The zero-order valence-corrected chi connectivity index (χ0v) is 18.4. The van der Waals surface area contributed by atoms with Crippen LogP contribution in [-0.4, -0.2) is 31.9 Å². The molecule has 1 aliphatic rings. The molecule has 33 heavy (non-hydrogen) atoms. The van der Waals surface area contributed by atoms with Crippen molar-refractivity contribution in [3.63, 3.8) is 0 Å². The van der Waals surface area contributed by atoms with Crippen LogP contribution in [0.15, 0.2) is 83.5 Å². The molecule has 7 nitrogen and oxygen atoms in total. The molecule has 166 valence electrons. The van der Waals surface area contributed by atoms with E-state index in [2.05, 4.69) is 4.99 Å². The number of aliphatic imine (C=N–C) groups is 1. The van der Waals surface area contributed by atoms with E-state index < -0.39 is 5.97 Å². The van der Waals surface area contributed by atoms with Gasteiger partial charge in [0.2, 0.25) is 0 Å². The second kappa shape index (κ2) is 9.40. The maximum Gasteiger partial charge on any atom is 0.308 e. The van der Waals surface area contributed by atoms with E-state index in [0.717, 1.165) is 5.56 Å². The Hall–Kier alpha value is -4.39. The standard InChI is InChI=1S/C26H22N2O5/c1-17(29)33-22-12-8-7-11-20(22)25-27-21(26(30)28(25)19-9-5-4-6-10-19)15-18-13-14-23(31-2)24(16-18)32-3/h4-16H,1-3H3. The SMILES string of the molecule is COc1ccc(C=C2N=C(c3ccccc3OC(C)=O)N(c3ccccc3)C2=O)cc1OC. The Morgan fingerprint density at radius 1 is 0.879 bits per heavy atom. The van der Waals surface area contributed by atoms with Crippen molar-refractivity contribution in [2.45, 2.75) is 6.92 Å². The van der Waals surface area contributed by atoms with Crippen LogP contribution in [0.3, 0.4) is 0 Å². The first-order valence-corrected chi connectivity index (χ1v) is 10.2. The molecule has 0 spiro atoms. The number of benzene rings is 3. The highest BCUT2D eigenvalue weighted by molar-refractivity contribution is 6.33. The third-order valence-electron chi connectivity index (χ3n) is 4.97. The molecule has 0 saturated heterocycles. The number of nitrogens with zero attached hydrogens (tertiary/aromatic N) is 2. The number of amides is 1. The molecule has 0 saturated carbocycles. The molecule has 0 radical (unpaired) electrons. The van der Waals surface area contributed by atoms with Crippen molar-refractivity contribution < 1.29 is 23.8 Å². The van der Waals surface area contributed by atoms with Crippen LogP contribution in [0.2, 0.25) is 0 Å². The Morgan fingerprint density at radius 3 is 2.27 bits per heavy atom. The molecule has 0 atom stereocenters. The van der Waals surface area contributed by atoms with Crippen molar-refractivity contribution in [3.8, 4) is 17.2 Å². The minimum atomic E-state index is -0.459. The zero-order valence-electron chi connectivity index (χ0n) is 18.4. The molecule has 3 aromatic rings. The number of methoxy groups -OCH3 is 2. The largest absolute Gasteiger partial charge is 0.493 e. The highest BCUT2D eigenvalue weighted by Crippen LogP contribution is 2.33. The van der Waals surface area contributed by atoms with Crippen molar-refractivity contribution in [2.24, 2.45) is 4.99 Å². The van der Waals surface area contributed by atoms with Crippen molar-refractivity contribution in [3.05, 3.63) is 89.6 Å². The van der Waals surface area contributed by atoms with Crippen molar-refractivity contribution in [1.29, 1.82) is 0 Å². The number of amidine groups is 1. The third kappa shape index (κ3) is 4.48. The van der Waals surface area contributed by atoms with E-state index in [0.29, 0.717) is 34.3 Å². The second-order valence-corrected chi connectivity index (χ2v) is 7.15. The monoisotopic (exact) mass is 442 g/mol. The van der Waals surface area contributed by atoms with Gasteiger partial charge in [-0.25, -0.2) is 4.99 Å². The Morgan fingerprint density at radius 2 is 1.58 bits per heavy atom. The summed E-state index contributed by atoms with van der Waals surface area (Å²) in [6.07, 6.45) is 1.68. The summed E-state index contributed by atoms with van der Waals surface area (Å²) in [5, 5.41) is 0. The van der Waals surface area contributed by atoms with E-state index in [9.17, 15) is 9.59 Å². The van der Waals surface area contributed by atoms with Crippen molar-refractivity contribution >= 4 is 29.5 Å². The lowest BCUT2D eigenvalue weighted by atomic mass is 10.1. The Balaban J connectivity index is 1.84. The highest BCUT2D eigenvalue weighted by atomic mass is 16.5. The number of rotatable bonds is 6. The predicted molar refractivity (Wildman–Crippen MR) is 126 cm³/mol. The van der Waals surface area contributed by atoms with Crippen LogP contribution in [0, 0.1) is 0 Å². The molecule has 0 fully saturated rings. The summed E-state index contributed by atoms with van der Waals surface area (Å²) in [5.41, 5.74) is 2.14. The quantitative estimate of drug-likeness (QED) is 0.320. The fourth-order valence-electron chi connectivity index (χ4n) is 3.51. The fraction of sp³-hybridized carbons (Fsp3) is 0.115. The number of para-hydroxylation sites is 2. The lowest BCUT2D eigenvalue weighted by molar-refractivity contribution is -0.131. The minimum absolute atomic E-state index is 0.235. The van der Waals surface area contributed by atoms with Crippen LogP contribution < -0.4 is 19.1 Å². The van der Waals surface area contributed by atoms with E-state index in [1.807, 2.05) is 36.4 Å². The van der Waals surface area contributed by atoms with Gasteiger partial charge < -0.3 is 14.2 Å². The van der Waals surface area contributed by atoms with Gasteiger partial charge in [0.1, 0.15) is 11.4 Å². The van der Waals surface area contributed by atoms with E-state index in [4.69, 9.17) is 14.2 Å². The van der Waals surface area contributed by atoms with Gasteiger partial charge in [-0.3, -0.25) is 14.5 Å². The van der Waals surface area contributed by atoms with Gasteiger partial charge >= 0.3 is 5.97 Å². The highest BCUT2D eigenvalue weighted by Gasteiger charge is 2.34. The number of carbonyl (C=O) groups excluding carboxylic acids is 2. The lowest BCUT2D eigenvalue weighted by Crippen LogP contribution is -2.33. The normalized spacial score (nSPS) is 14.3. The van der Waals surface area contributed by atoms with Crippen molar-refractivity contribution in [2.75, 3.05) is 19.1 Å². The van der Waals surface area contributed by atoms with Crippen LogP contribution >= 0.6 is 0 Å². The van der Waals surface area contributed by atoms with Crippen LogP contribution in [0.25, 0.3) is 6.08 Å². The number of esters is 1. The molecule has 0 aromatic heterocycles. The van der Waals surface area contributed by atoms with E-state index in [1.165, 1.54) is 11.8 Å². The van der Waals surface area contributed by atoms with Gasteiger partial charge in [-0.05, 0) is 48.0 Å². The van der Waals surface area contributed by atoms with E-state index >= 15 is 0 Å². The van der Waals surface area contributed by atoms with Gasteiger partial charge in [0.25, 0.3) is 5.91 Å². The number of anilines is 1. The first kappa shape index (κ1) is 21.8. The van der Waals surface area contributed by atoms with Crippen molar-refractivity contribution in [1.82, 2.24) is 0 Å².